The molecule has 0 atom stereocenters. The van der Waals surface area contributed by atoms with E-state index in [4.69, 9.17) is 0 Å². The number of alkyl halides is 3. The minimum atomic E-state index is -4.32. The van der Waals surface area contributed by atoms with Crippen LogP contribution in [0.3, 0.4) is 0 Å². The van der Waals surface area contributed by atoms with E-state index in [-0.39, 0.29) is 12.6 Å². The lowest BCUT2D eigenvalue weighted by Crippen LogP contribution is -2.44. The van der Waals surface area contributed by atoms with Crippen molar-refractivity contribution in [1.29, 1.82) is 0 Å². The van der Waals surface area contributed by atoms with E-state index in [9.17, 15) is 18.0 Å². The van der Waals surface area contributed by atoms with Crippen LogP contribution in [-0.2, 0) is 24.3 Å². The zero-order valence-electron chi connectivity index (χ0n) is 16.8. The minimum Gasteiger partial charge on any atom is -0.367 e. The fourth-order valence-corrected chi connectivity index (χ4v) is 3.62. The van der Waals surface area contributed by atoms with Crippen LogP contribution in [0, 0.1) is 5.92 Å². The van der Waals surface area contributed by atoms with E-state index in [1.165, 1.54) is 5.56 Å². The zero-order valence-corrected chi connectivity index (χ0v) is 16.8. The molecule has 30 heavy (non-hydrogen) atoms. The van der Waals surface area contributed by atoms with Crippen LogP contribution in [-0.4, -0.2) is 36.8 Å². The van der Waals surface area contributed by atoms with Crippen molar-refractivity contribution in [3.05, 3.63) is 71.3 Å². The highest BCUT2D eigenvalue weighted by atomic mass is 19.4. The molecule has 1 heterocycles. The highest BCUT2D eigenvalue weighted by Crippen LogP contribution is 2.22. The van der Waals surface area contributed by atoms with Crippen LogP contribution in [0.15, 0.2) is 54.6 Å². The Morgan fingerprint density at radius 2 is 1.60 bits per heavy atom. The van der Waals surface area contributed by atoms with Crippen molar-refractivity contribution >= 4 is 6.03 Å². The number of nitrogens with zero attached hydrogens (tertiary/aromatic N) is 1. The van der Waals surface area contributed by atoms with Crippen molar-refractivity contribution in [2.45, 2.75) is 38.6 Å². The van der Waals surface area contributed by atoms with Crippen LogP contribution in [0.5, 0.6) is 0 Å². The van der Waals surface area contributed by atoms with Gasteiger partial charge < -0.3 is 15.0 Å². The van der Waals surface area contributed by atoms with Crippen LogP contribution in [0.1, 0.15) is 29.5 Å². The first-order chi connectivity index (χ1) is 14.4. The maximum Gasteiger partial charge on any atom is 0.411 e. The quantitative estimate of drug-likeness (QED) is 0.690. The van der Waals surface area contributed by atoms with E-state index in [1.54, 1.807) is 24.3 Å². The predicted octanol–water partition coefficient (Wildman–Crippen LogP) is 4.93. The SMILES string of the molecule is O=C(NCc1ccc(COCC(F)(F)F)cc1)N1CCC(Cc2ccccc2)CC1. The summed E-state index contributed by atoms with van der Waals surface area (Å²) in [7, 11) is 0. The third kappa shape index (κ3) is 7.37. The number of piperidine rings is 1. The summed E-state index contributed by atoms with van der Waals surface area (Å²) < 4.78 is 41.0. The molecule has 4 nitrogen and oxygen atoms in total. The molecule has 0 aliphatic carbocycles. The molecular formula is C23H27F3N2O2. The molecule has 2 aromatic carbocycles. The zero-order chi connectivity index (χ0) is 21.4. The van der Waals surface area contributed by atoms with E-state index in [0.29, 0.717) is 18.0 Å². The molecule has 2 amide bonds. The second-order valence-corrected chi connectivity index (χ2v) is 7.70. The molecule has 2 aromatic rings. The van der Waals surface area contributed by atoms with Gasteiger partial charge in [0.1, 0.15) is 6.61 Å². The normalized spacial score (nSPS) is 15.2. The van der Waals surface area contributed by atoms with E-state index in [0.717, 1.165) is 37.9 Å². The van der Waals surface area contributed by atoms with E-state index < -0.39 is 12.8 Å². The molecule has 7 heteroatoms. The monoisotopic (exact) mass is 420 g/mol. The van der Waals surface area contributed by atoms with Crippen LogP contribution in [0.25, 0.3) is 0 Å². The van der Waals surface area contributed by atoms with Crippen LogP contribution in [0.4, 0.5) is 18.0 Å². The van der Waals surface area contributed by atoms with Gasteiger partial charge in [-0.1, -0.05) is 54.6 Å². The van der Waals surface area contributed by atoms with Gasteiger partial charge in [0, 0.05) is 19.6 Å². The van der Waals surface area contributed by atoms with Gasteiger partial charge in [-0.25, -0.2) is 4.79 Å². The largest absolute Gasteiger partial charge is 0.411 e. The first kappa shape index (κ1) is 22.2. The number of halogens is 3. The average molecular weight is 420 g/mol. The first-order valence-electron chi connectivity index (χ1n) is 10.2. The Labute approximate surface area is 175 Å². The lowest BCUT2D eigenvalue weighted by atomic mass is 9.90. The van der Waals surface area contributed by atoms with Gasteiger partial charge in [-0.05, 0) is 41.9 Å². The van der Waals surface area contributed by atoms with Gasteiger partial charge in [0.25, 0.3) is 0 Å². The van der Waals surface area contributed by atoms with Crippen LogP contribution < -0.4 is 5.32 Å². The number of hydrogen-bond acceptors (Lipinski definition) is 2. The van der Waals surface area contributed by atoms with Crippen LogP contribution >= 0.6 is 0 Å². The smallest absolute Gasteiger partial charge is 0.367 e. The number of carbonyl (C=O) groups is 1. The molecule has 0 aromatic heterocycles. The molecule has 0 spiro atoms. The molecule has 1 fully saturated rings. The van der Waals surface area contributed by atoms with E-state index >= 15 is 0 Å². The van der Waals surface area contributed by atoms with Gasteiger partial charge in [0.15, 0.2) is 0 Å². The summed E-state index contributed by atoms with van der Waals surface area (Å²) in [5.41, 5.74) is 2.89. The molecule has 0 bridgehead atoms. The molecule has 0 saturated carbocycles. The number of amides is 2. The minimum absolute atomic E-state index is 0.0780. The number of nitrogens with one attached hydrogen (secondary N) is 1. The summed E-state index contributed by atoms with van der Waals surface area (Å²) in [5.74, 6) is 0.601. The molecule has 162 valence electrons. The van der Waals surface area contributed by atoms with Crippen molar-refractivity contribution in [2.24, 2.45) is 5.92 Å². The van der Waals surface area contributed by atoms with E-state index in [1.807, 2.05) is 11.0 Å². The Bertz CT molecular complexity index is 786. The Kier molecular flexibility index (Phi) is 7.74. The number of benzene rings is 2. The number of ether oxygens (including phenoxy) is 1. The standard InChI is InChI=1S/C23H27F3N2O2/c24-23(25,26)17-30-16-21-8-6-20(7-9-21)15-27-22(29)28-12-10-19(11-13-28)14-18-4-2-1-3-5-18/h1-9,19H,10-17H2,(H,27,29). The topological polar surface area (TPSA) is 41.6 Å². The highest BCUT2D eigenvalue weighted by molar-refractivity contribution is 5.74. The van der Waals surface area contributed by atoms with Crippen molar-refractivity contribution in [3.8, 4) is 0 Å². The second kappa shape index (κ2) is 10.5. The first-order valence-corrected chi connectivity index (χ1v) is 10.2. The Morgan fingerprint density at radius 1 is 0.967 bits per heavy atom. The number of carbonyl (C=O) groups excluding carboxylic acids is 1. The van der Waals surface area contributed by atoms with Gasteiger partial charge in [-0.15, -0.1) is 0 Å². The Morgan fingerprint density at radius 3 is 2.23 bits per heavy atom. The van der Waals surface area contributed by atoms with Crippen molar-refractivity contribution in [1.82, 2.24) is 10.2 Å². The number of hydrogen-bond donors (Lipinski definition) is 1. The summed E-state index contributed by atoms with van der Waals surface area (Å²) in [6.45, 7) is 0.529. The van der Waals surface area contributed by atoms with Gasteiger partial charge >= 0.3 is 12.2 Å². The van der Waals surface area contributed by atoms with Gasteiger partial charge in [0.05, 0.1) is 6.61 Å². The van der Waals surface area contributed by atoms with Gasteiger partial charge in [-0.3, -0.25) is 0 Å². The maximum atomic E-state index is 12.4. The highest BCUT2D eigenvalue weighted by Gasteiger charge is 2.27. The lowest BCUT2D eigenvalue weighted by Gasteiger charge is -2.32. The molecule has 0 radical (unpaired) electrons. The number of urea groups is 1. The van der Waals surface area contributed by atoms with Gasteiger partial charge in [0.2, 0.25) is 0 Å². The lowest BCUT2D eigenvalue weighted by molar-refractivity contribution is -0.176. The predicted molar refractivity (Wildman–Crippen MR) is 109 cm³/mol. The number of rotatable bonds is 7. The molecule has 3 rings (SSSR count). The van der Waals surface area contributed by atoms with Crippen molar-refractivity contribution < 1.29 is 22.7 Å². The Balaban J connectivity index is 1.36. The fourth-order valence-electron chi connectivity index (χ4n) is 3.62. The maximum absolute atomic E-state index is 12.4. The molecule has 0 unspecified atom stereocenters. The molecular weight excluding hydrogens is 393 g/mol. The van der Waals surface area contributed by atoms with Crippen LogP contribution in [0.2, 0.25) is 0 Å². The molecule has 1 N–H and O–H groups in total. The van der Waals surface area contributed by atoms with Crippen molar-refractivity contribution in [3.63, 3.8) is 0 Å². The fraction of sp³-hybridized carbons (Fsp3) is 0.435. The Hall–Kier alpha value is -2.54. The molecule has 1 aliphatic rings. The summed E-state index contributed by atoms with van der Waals surface area (Å²) in [4.78, 5) is 14.3. The number of likely N-dealkylation sites (tertiary alicyclic amines) is 1. The third-order valence-corrected chi connectivity index (χ3v) is 5.27. The summed E-state index contributed by atoms with van der Waals surface area (Å²) >= 11 is 0. The second-order valence-electron chi connectivity index (χ2n) is 7.70. The molecule has 1 saturated heterocycles. The van der Waals surface area contributed by atoms with Gasteiger partial charge in [-0.2, -0.15) is 13.2 Å². The third-order valence-electron chi connectivity index (χ3n) is 5.27. The average Bonchev–Trinajstić information content (AvgIpc) is 2.73. The van der Waals surface area contributed by atoms with Crippen molar-refractivity contribution in [2.75, 3.05) is 19.7 Å². The summed E-state index contributed by atoms with van der Waals surface area (Å²) in [5, 5.41) is 2.92. The van der Waals surface area contributed by atoms with E-state index in [2.05, 4.69) is 34.3 Å². The summed E-state index contributed by atoms with van der Waals surface area (Å²) in [6, 6.07) is 17.4. The summed E-state index contributed by atoms with van der Waals surface area (Å²) in [6.07, 6.45) is -1.28. The molecule has 1 aliphatic heterocycles.